The largest absolute Gasteiger partial charge is 0.417 e. The Morgan fingerprint density at radius 3 is 2.73 bits per heavy atom. The Labute approximate surface area is 171 Å². The number of amides is 2. The summed E-state index contributed by atoms with van der Waals surface area (Å²) in [6.45, 7) is 2.96. The summed E-state index contributed by atoms with van der Waals surface area (Å²) in [5.41, 5.74) is 0.766. The van der Waals surface area contributed by atoms with Crippen LogP contribution in [-0.4, -0.2) is 35.1 Å². The van der Waals surface area contributed by atoms with Crippen molar-refractivity contribution in [2.75, 3.05) is 23.3 Å². The van der Waals surface area contributed by atoms with E-state index in [-0.39, 0.29) is 12.1 Å². The molecule has 1 saturated heterocycles. The Balaban J connectivity index is 1.38. The van der Waals surface area contributed by atoms with E-state index in [9.17, 15) is 18.0 Å². The average Bonchev–Trinajstić information content (AvgIpc) is 3.16. The molecule has 1 aliphatic heterocycles. The molecule has 0 aliphatic carbocycles. The summed E-state index contributed by atoms with van der Waals surface area (Å²) < 4.78 is 38.1. The topological polar surface area (TPSA) is 70.2 Å². The van der Waals surface area contributed by atoms with Gasteiger partial charge in [-0.2, -0.15) is 13.2 Å². The number of hydrogen-bond donors (Lipinski definition) is 2. The second kappa shape index (κ2) is 7.81. The van der Waals surface area contributed by atoms with E-state index in [1.807, 2.05) is 36.1 Å². The number of alkyl halides is 3. The Bertz CT molecular complexity index is 1070. The summed E-state index contributed by atoms with van der Waals surface area (Å²) >= 11 is 0. The van der Waals surface area contributed by atoms with E-state index < -0.39 is 11.7 Å². The number of aromatic nitrogens is 2. The predicted octanol–water partition coefficient (Wildman–Crippen LogP) is 4.36. The number of rotatable bonds is 3. The number of aryl methyl sites for hydroxylation is 1. The highest BCUT2D eigenvalue weighted by atomic mass is 19.4. The van der Waals surface area contributed by atoms with E-state index in [0.29, 0.717) is 31.0 Å². The first-order chi connectivity index (χ1) is 14.3. The minimum Gasteiger partial charge on any atom is -0.354 e. The number of pyridine rings is 2. The summed E-state index contributed by atoms with van der Waals surface area (Å²) in [6.07, 6.45) is -1.14. The van der Waals surface area contributed by atoms with Crippen molar-refractivity contribution in [1.82, 2.24) is 15.3 Å². The zero-order valence-corrected chi connectivity index (χ0v) is 16.2. The van der Waals surface area contributed by atoms with Crippen molar-refractivity contribution < 1.29 is 18.0 Å². The van der Waals surface area contributed by atoms with Crippen molar-refractivity contribution in [2.45, 2.75) is 25.6 Å². The predicted molar refractivity (Wildman–Crippen MR) is 108 cm³/mol. The van der Waals surface area contributed by atoms with Crippen LogP contribution >= 0.6 is 0 Å². The van der Waals surface area contributed by atoms with Crippen LogP contribution in [0.15, 0.2) is 48.8 Å². The Morgan fingerprint density at radius 2 is 2.00 bits per heavy atom. The third-order valence-electron chi connectivity index (χ3n) is 5.07. The SMILES string of the molecule is Cc1cc2c(NC(=O)NC3CCN(c4ccc(C(F)(F)F)cn4)C3)cccc2cn1. The van der Waals surface area contributed by atoms with Crippen LogP contribution in [0, 0.1) is 6.92 Å². The van der Waals surface area contributed by atoms with Gasteiger partial charge in [0.05, 0.1) is 11.3 Å². The van der Waals surface area contributed by atoms with Gasteiger partial charge in [0.2, 0.25) is 0 Å². The van der Waals surface area contributed by atoms with Gasteiger partial charge in [-0.3, -0.25) is 4.98 Å². The van der Waals surface area contributed by atoms with Crippen molar-refractivity contribution in [2.24, 2.45) is 0 Å². The lowest BCUT2D eigenvalue weighted by Crippen LogP contribution is -2.39. The minimum absolute atomic E-state index is 0.132. The Morgan fingerprint density at radius 1 is 1.17 bits per heavy atom. The lowest BCUT2D eigenvalue weighted by Gasteiger charge is -2.19. The van der Waals surface area contributed by atoms with Crippen LogP contribution in [0.3, 0.4) is 0 Å². The molecule has 1 aromatic carbocycles. The smallest absolute Gasteiger partial charge is 0.354 e. The number of nitrogens with one attached hydrogen (secondary N) is 2. The molecule has 1 fully saturated rings. The molecule has 0 spiro atoms. The normalized spacial score (nSPS) is 16.7. The highest BCUT2D eigenvalue weighted by Gasteiger charge is 2.31. The lowest BCUT2D eigenvalue weighted by molar-refractivity contribution is -0.137. The van der Waals surface area contributed by atoms with E-state index in [1.54, 1.807) is 6.20 Å². The van der Waals surface area contributed by atoms with Crippen LogP contribution in [0.1, 0.15) is 17.7 Å². The van der Waals surface area contributed by atoms with Gasteiger partial charge < -0.3 is 15.5 Å². The standard InChI is InChI=1S/C21H20F3N5O/c1-13-9-17-14(10-25-13)3-2-4-18(17)28-20(30)27-16-7-8-29(12-16)19-6-5-15(11-26-19)21(22,23)24/h2-6,9-11,16H,7-8,12H2,1H3,(H2,27,28,30). The zero-order valence-electron chi connectivity index (χ0n) is 16.2. The summed E-state index contributed by atoms with van der Waals surface area (Å²) in [4.78, 5) is 22.5. The van der Waals surface area contributed by atoms with Crippen LogP contribution in [0.2, 0.25) is 0 Å². The second-order valence-corrected chi connectivity index (χ2v) is 7.29. The molecule has 6 nitrogen and oxygen atoms in total. The molecule has 3 heterocycles. The van der Waals surface area contributed by atoms with Gasteiger partial charge in [-0.25, -0.2) is 9.78 Å². The fourth-order valence-electron chi connectivity index (χ4n) is 3.55. The molecule has 4 rings (SSSR count). The molecule has 1 aliphatic rings. The number of urea groups is 1. The first-order valence-corrected chi connectivity index (χ1v) is 9.51. The lowest BCUT2D eigenvalue weighted by atomic mass is 10.1. The van der Waals surface area contributed by atoms with Gasteiger partial charge in [-0.05, 0) is 37.6 Å². The Hall–Kier alpha value is -3.36. The second-order valence-electron chi connectivity index (χ2n) is 7.29. The van der Waals surface area contributed by atoms with Crippen LogP contribution in [0.5, 0.6) is 0 Å². The van der Waals surface area contributed by atoms with Gasteiger partial charge in [0.1, 0.15) is 5.82 Å². The van der Waals surface area contributed by atoms with Gasteiger partial charge in [0, 0.05) is 48.0 Å². The maximum Gasteiger partial charge on any atom is 0.417 e. The summed E-state index contributed by atoms with van der Waals surface area (Å²) in [5.74, 6) is 0.463. The van der Waals surface area contributed by atoms with Gasteiger partial charge in [-0.15, -0.1) is 0 Å². The molecule has 30 heavy (non-hydrogen) atoms. The van der Waals surface area contributed by atoms with E-state index in [0.717, 1.165) is 28.7 Å². The summed E-state index contributed by atoms with van der Waals surface area (Å²) in [5, 5.41) is 7.64. The molecule has 2 N–H and O–H groups in total. The molecule has 0 radical (unpaired) electrons. The number of carbonyl (C=O) groups is 1. The average molecular weight is 415 g/mol. The maximum atomic E-state index is 12.7. The van der Waals surface area contributed by atoms with Crippen LogP contribution in [0.25, 0.3) is 10.8 Å². The van der Waals surface area contributed by atoms with E-state index in [2.05, 4.69) is 20.6 Å². The summed E-state index contributed by atoms with van der Waals surface area (Å²) in [6, 6.07) is 9.44. The van der Waals surface area contributed by atoms with Gasteiger partial charge >= 0.3 is 12.2 Å². The molecule has 1 atom stereocenters. The van der Waals surface area contributed by atoms with Crippen molar-refractivity contribution in [3.8, 4) is 0 Å². The molecule has 2 amide bonds. The van der Waals surface area contributed by atoms with E-state index >= 15 is 0 Å². The van der Waals surface area contributed by atoms with Crippen molar-refractivity contribution in [1.29, 1.82) is 0 Å². The number of nitrogens with zero attached hydrogens (tertiary/aromatic N) is 3. The first kappa shape index (κ1) is 19.9. The van der Waals surface area contributed by atoms with Crippen LogP contribution < -0.4 is 15.5 Å². The third-order valence-corrected chi connectivity index (χ3v) is 5.07. The molecular weight excluding hydrogens is 395 g/mol. The molecule has 3 aromatic rings. The fraction of sp³-hybridized carbons (Fsp3) is 0.286. The quantitative estimate of drug-likeness (QED) is 0.667. The highest BCUT2D eigenvalue weighted by Crippen LogP contribution is 2.30. The summed E-state index contributed by atoms with van der Waals surface area (Å²) in [7, 11) is 0. The number of carbonyl (C=O) groups excluding carboxylic acids is 1. The minimum atomic E-state index is -4.41. The molecule has 2 aromatic heterocycles. The fourth-order valence-corrected chi connectivity index (χ4v) is 3.55. The number of benzene rings is 1. The highest BCUT2D eigenvalue weighted by molar-refractivity contribution is 6.01. The molecule has 1 unspecified atom stereocenters. The molecule has 9 heteroatoms. The monoisotopic (exact) mass is 415 g/mol. The first-order valence-electron chi connectivity index (χ1n) is 9.51. The van der Waals surface area contributed by atoms with Gasteiger partial charge in [0.15, 0.2) is 0 Å². The molecule has 156 valence electrons. The van der Waals surface area contributed by atoms with Crippen molar-refractivity contribution in [3.05, 3.63) is 60.0 Å². The van der Waals surface area contributed by atoms with E-state index in [1.165, 1.54) is 6.07 Å². The molecule has 0 bridgehead atoms. The van der Waals surface area contributed by atoms with Crippen molar-refractivity contribution >= 4 is 28.3 Å². The van der Waals surface area contributed by atoms with Gasteiger partial charge in [-0.1, -0.05) is 12.1 Å². The van der Waals surface area contributed by atoms with Crippen LogP contribution in [0.4, 0.5) is 29.5 Å². The number of anilines is 2. The number of fused-ring (bicyclic) bond motifs is 1. The zero-order chi connectivity index (χ0) is 21.3. The molecular formula is C21H20F3N5O. The molecule has 0 saturated carbocycles. The third kappa shape index (κ3) is 4.29. The van der Waals surface area contributed by atoms with Crippen LogP contribution in [-0.2, 0) is 6.18 Å². The Kier molecular flexibility index (Phi) is 5.19. The van der Waals surface area contributed by atoms with E-state index in [4.69, 9.17) is 0 Å². The van der Waals surface area contributed by atoms with Crippen molar-refractivity contribution in [3.63, 3.8) is 0 Å². The number of halogens is 3. The number of hydrogen-bond acceptors (Lipinski definition) is 4. The maximum absolute atomic E-state index is 12.7. The van der Waals surface area contributed by atoms with Gasteiger partial charge in [0.25, 0.3) is 0 Å².